The molecule has 0 aliphatic rings. The van der Waals surface area contributed by atoms with Gasteiger partial charge in [-0.2, -0.15) is 0 Å². The highest BCUT2D eigenvalue weighted by molar-refractivity contribution is 5.94. The largest absolute Gasteiger partial charge is 0.480 e. The van der Waals surface area contributed by atoms with Crippen molar-refractivity contribution in [1.29, 1.82) is 0 Å². The van der Waals surface area contributed by atoms with Crippen LogP contribution in [0.15, 0.2) is 29.4 Å². The molecule has 5 N–H and O–H groups in total. The Morgan fingerprint density at radius 1 is 1.16 bits per heavy atom. The van der Waals surface area contributed by atoms with E-state index >= 15 is 0 Å². The number of azide groups is 1. The molecule has 0 spiro atoms. The van der Waals surface area contributed by atoms with Crippen LogP contribution < -0.4 is 16.4 Å². The SMILES string of the molecule is COC(=O)[C@H](CCCCNC(=O)c1ccc(N=[N+]=[N-])cc1)N[C@@H](CCC(N)=O)C(=O)O. The molecule has 0 heterocycles. The first-order valence-electron chi connectivity index (χ1n) is 9.56. The van der Waals surface area contributed by atoms with Gasteiger partial charge in [0.15, 0.2) is 0 Å². The summed E-state index contributed by atoms with van der Waals surface area (Å²) in [6, 6.07) is 4.13. The van der Waals surface area contributed by atoms with Crippen LogP contribution in [0.2, 0.25) is 0 Å². The number of rotatable bonds is 14. The summed E-state index contributed by atoms with van der Waals surface area (Å²) in [5.74, 6) is -2.75. The van der Waals surface area contributed by atoms with E-state index in [1.54, 1.807) is 0 Å². The number of carbonyl (C=O) groups is 4. The lowest BCUT2D eigenvalue weighted by Gasteiger charge is -2.21. The molecule has 1 aromatic carbocycles. The normalized spacial score (nSPS) is 12.2. The molecule has 31 heavy (non-hydrogen) atoms. The monoisotopic (exact) mass is 434 g/mol. The van der Waals surface area contributed by atoms with Crippen molar-refractivity contribution in [3.8, 4) is 0 Å². The third-order valence-corrected chi connectivity index (χ3v) is 4.36. The van der Waals surface area contributed by atoms with E-state index in [1.165, 1.54) is 31.4 Å². The minimum Gasteiger partial charge on any atom is -0.480 e. The summed E-state index contributed by atoms with van der Waals surface area (Å²) in [5.41, 5.74) is 14.2. The van der Waals surface area contributed by atoms with Crippen molar-refractivity contribution < 1.29 is 29.0 Å². The summed E-state index contributed by atoms with van der Waals surface area (Å²) in [6.45, 7) is 0.342. The van der Waals surface area contributed by atoms with Crippen LogP contribution >= 0.6 is 0 Å². The van der Waals surface area contributed by atoms with E-state index < -0.39 is 29.9 Å². The summed E-state index contributed by atoms with van der Waals surface area (Å²) in [4.78, 5) is 49.0. The molecule has 0 aliphatic carbocycles. The number of hydrogen-bond acceptors (Lipinski definition) is 7. The van der Waals surface area contributed by atoms with Gasteiger partial charge in [-0.05, 0) is 43.3 Å². The van der Waals surface area contributed by atoms with E-state index in [1.807, 2.05) is 0 Å². The molecular weight excluding hydrogens is 408 g/mol. The van der Waals surface area contributed by atoms with Gasteiger partial charge in [-0.25, -0.2) is 0 Å². The first kappa shape index (κ1) is 25.4. The Balaban J connectivity index is 2.49. The number of carboxylic acid groups (broad SMARTS) is 1. The summed E-state index contributed by atoms with van der Waals surface area (Å²) in [5, 5.41) is 18.1. The van der Waals surface area contributed by atoms with Crippen molar-refractivity contribution in [2.24, 2.45) is 10.8 Å². The Labute approximate surface area is 178 Å². The third-order valence-electron chi connectivity index (χ3n) is 4.36. The lowest BCUT2D eigenvalue weighted by molar-refractivity contribution is -0.145. The molecule has 0 saturated heterocycles. The minimum absolute atomic E-state index is 0.0489. The molecule has 0 radical (unpaired) electrons. The van der Waals surface area contributed by atoms with Crippen LogP contribution in [0, 0.1) is 0 Å². The molecule has 168 valence electrons. The Hall–Kier alpha value is -3.63. The summed E-state index contributed by atoms with van der Waals surface area (Å²) in [6.07, 6.45) is 1.14. The van der Waals surface area contributed by atoms with E-state index in [0.29, 0.717) is 30.6 Å². The zero-order valence-corrected chi connectivity index (χ0v) is 17.1. The Bertz CT molecular complexity index is 822. The van der Waals surface area contributed by atoms with Gasteiger partial charge in [-0.1, -0.05) is 17.2 Å². The number of nitrogens with zero attached hydrogens (tertiary/aromatic N) is 3. The van der Waals surface area contributed by atoms with Crippen molar-refractivity contribution >= 4 is 29.4 Å². The number of carbonyl (C=O) groups excluding carboxylic acids is 3. The number of esters is 1. The zero-order chi connectivity index (χ0) is 23.2. The fourth-order valence-electron chi connectivity index (χ4n) is 2.73. The number of aliphatic carboxylic acids is 1. The van der Waals surface area contributed by atoms with Crippen LogP contribution in [0.5, 0.6) is 0 Å². The molecule has 0 aliphatic heterocycles. The molecule has 2 atom stereocenters. The molecule has 1 aromatic rings. The van der Waals surface area contributed by atoms with Gasteiger partial charge in [0.25, 0.3) is 5.91 Å². The number of amides is 2. The molecule has 0 fully saturated rings. The van der Waals surface area contributed by atoms with Gasteiger partial charge >= 0.3 is 11.9 Å². The number of hydrogen-bond donors (Lipinski definition) is 4. The van der Waals surface area contributed by atoms with Crippen LogP contribution in [-0.2, 0) is 19.1 Å². The van der Waals surface area contributed by atoms with E-state index in [0.717, 1.165) is 0 Å². The number of unbranched alkanes of at least 4 members (excludes halogenated alkanes) is 1. The molecule has 0 unspecified atom stereocenters. The summed E-state index contributed by atoms with van der Waals surface area (Å²) < 4.78 is 4.71. The average molecular weight is 434 g/mol. The molecule has 0 aromatic heterocycles. The molecule has 2 amide bonds. The maximum atomic E-state index is 12.1. The molecule has 1 rings (SSSR count). The number of nitrogens with one attached hydrogen (secondary N) is 2. The lowest BCUT2D eigenvalue weighted by Crippen LogP contribution is -2.48. The quantitative estimate of drug-likeness (QED) is 0.111. The van der Waals surface area contributed by atoms with Crippen molar-refractivity contribution in [1.82, 2.24) is 10.6 Å². The van der Waals surface area contributed by atoms with E-state index in [-0.39, 0.29) is 25.2 Å². The van der Waals surface area contributed by atoms with Crippen LogP contribution in [0.4, 0.5) is 5.69 Å². The van der Waals surface area contributed by atoms with E-state index in [9.17, 15) is 24.3 Å². The zero-order valence-electron chi connectivity index (χ0n) is 17.1. The highest BCUT2D eigenvalue weighted by Crippen LogP contribution is 2.13. The fourth-order valence-corrected chi connectivity index (χ4v) is 2.73. The van der Waals surface area contributed by atoms with Crippen LogP contribution in [-0.4, -0.2) is 54.6 Å². The minimum atomic E-state index is -1.20. The average Bonchev–Trinajstić information content (AvgIpc) is 2.74. The topological polar surface area (TPSA) is 197 Å². The summed E-state index contributed by atoms with van der Waals surface area (Å²) >= 11 is 0. The van der Waals surface area contributed by atoms with Crippen LogP contribution in [0.25, 0.3) is 10.4 Å². The molecular formula is C19H26N6O6. The highest BCUT2D eigenvalue weighted by atomic mass is 16.5. The standard InChI is InChI=1S/C19H26N6O6/c1-31-19(30)15(23-14(18(28)29)9-10-16(20)26)4-2-3-11-22-17(27)12-5-7-13(8-6-12)24-25-21/h5-8,14-15,23H,2-4,9-11H2,1H3,(H2,20,26)(H,22,27)(H,28,29)/t14-,15-/m0/s1. The van der Waals surface area contributed by atoms with Gasteiger partial charge in [0.1, 0.15) is 12.1 Å². The van der Waals surface area contributed by atoms with Crippen LogP contribution in [0.3, 0.4) is 0 Å². The molecule has 12 nitrogen and oxygen atoms in total. The van der Waals surface area contributed by atoms with Gasteiger partial charge in [0, 0.05) is 29.1 Å². The second kappa shape index (κ2) is 13.6. The van der Waals surface area contributed by atoms with Gasteiger partial charge in [0.2, 0.25) is 5.91 Å². The van der Waals surface area contributed by atoms with Gasteiger partial charge < -0.3 is 20.9 Å². The van der Waals surface area contributed by atoms with E-state index in [4.69, 9.17) is 16.0 Å². The number of benzene rings is 1. The summed E-state index contributed by atoms with van der Waals surface area (Å²) in [7, 11) is 1.20. The number of nitrogens with two attached hydrogens (primary N) is 1. The van der Waals surface area contributed by atoms with Crippen molar-refractivity contribution in [2.75, 3.05) is 13.7 Å². The predicted molar refractivity (Wildman–Crippen MR) is 110 cm³/mol. The van der Waals surface area contributed by atoms with Crippen molar-refractivity contribution in [2.45, 2.75) is 44.2 Å². The molecule has 0 saturated carbocycles. The van der Waals surface area contributed by atoms with Gasteiger partial charge in [0.05, 0.1) is 7.11 Å². The number of carboxylic acids is 1. The number of primary amides is 1. The predicted octanol–water partition coefficient (Wildman–Crippen LogP) is 1.38. The Kier molecular flexibility index (Phi) is 11.1. The van der Waals surface area contributed by atoms with E-state index in [2.05, 4.69) is 20.7 Å². The highest BCUT2D eigenvalue weighted by Gasteiger charge is 2.26. The number of methoxy groups -OCH3 is 1. The first-order valence-corrected chi connectivity index (χ1v) is 9.56. The maximum Gasteiger partial charge on any atom is 0.322 e. The maximum absolute atomic E-state index is 12.1. The van der Waals surface area contributed by atoms with Crippen molar-refractivity contribution in [3.05, 3.63) is 40.3 Å². The van der Waals surface area contributed by atoms with Gasteiger partial charge in [-0.15, -0.1) is 0 Å². The second-order valence-electron chi connectivity index (χ2n) is 6.63. The first-order chi connectivity index (χ1) is 14.8. The smallest absolute Gasteiger partial charge is 0.322 e. The third kappa shape index (κ3) is 9.61. The van der Waals surface area contributed by atoms with Crippen LogP contribution in [0.1, 0.15) is 42.5 Å². The van der Waals surface area contributed by atoms with Crippen molar-refractivity contribution in [3.63, 3.8) is 0 Å². The fraction of sp³-hybridized carbons (Fsp3) is 0.474. The Morgan fingerprint density at radius 3 is 2.39 bits per heavy atom. The lowest BCUT2D eigenvalue weighted by atomic mass is 10.1. The number of ether oxygens (including phenoxy) is 1. The molecule has 12 heteroatoms. The molecule has 0 bridgehead atoms. The van der Waals surface area contributed by atoms with Gasteiger partial charge in [-0.3, -0.25) is 24.5 Å². The Morgan fingerprint density at radius 2 is 1.84 bits per heavy atom. The second-order valence-corrected chi connectivity index (χ2v) is 6.63.